The second-order valence-electron chi connectivity index (χ2n) is 6.46. The Labute approximate surface area is 117 Å². The smallest absolute Gasteiger partial charge is 0.239 e. The molecule has 2 rings (SSSR count). The average Bonchev–Trinajstić information content (AvgIpc) is 2.37. The summed E-state index contributed by atoms with van der Waals surface area (Å²) in [6, 6.07) is -0.0458. The third-order valence-corrected chi connectivity index (χ3v) is 5.01. The Bertz CT molecular complexity index is 307. The maximum atomic E-state index is 12.3. The fraction of sp³-hybridized carbons (Fsp3) is 0.933. The summed E-state index contributed by atoms with van der Waals surface area (Å²) < 4.78 is 0. The van der Waals surface area contributed by atoms with Crippen LogP contribution in [0.15, 0.2) is 0 Å². The summed E-state index contributed by atoms with van der Waals surface area (Å²) in [7, 11) is 4.30. The summed E-state index contributed by atoms with van der Waals surface area (Å²) in [4.78, 5) is 16.7. The highest BCUT2D eigenvalue weighted by molar-refractivity contribution is 5.81. The largest absolute Gasteiger partial charge is 0.341 e. The molecule has 1 saturated carbocycles. The second-order valence-corrected chi connectivity index (χ2v) is 6.46. The van der Waals surface area contributed by atoms with Crippen molar-refractivity contribution in [2.45, 2.75) is 57.0 Å². The van der Waals surface area contributed by atoms with Crippen LogP contribution in [0.3, 0.4) is 0 Å². The van der Waals surface area contributed by atoms with Gasteiger partial charge in [0.2, 0.25) is 5.91 Å². The van der Waals surface area contributed by atoms with Crippen molar-refractivity contribution in [1.82, 2.24) is 15.1 Å². The number of amides is 1. The Morgan fingerprint density at radius 1 is 1.21 bits per heavy atom. The Kier molecular flexibility index (Phi) is 4.85. The Balaban J connectivity index is 1.80. The van der Waals surface area contributed by atoms with Crippen molar-refractivity contribution in [2.24, 2.45) is 0 Å². The van der Waals surface area contributed by atoms with Gasteiger partial charge < -0.3 is 15.1 Å². The van der Waals surface area contributed by atoms with Gasteiger partial charge in [-0.05, 0) is 59.5 Å². The van der Waals surface area contributed by atoms with Crippen LogP contribution in [0.5, 0.6) is 0 Å². The molecule has 19 heavy (non-hydrogen) atoms. The van der Waals surface area contributed by atoms with Crippen molar-refractivity contribution in [2.75, 3.05) is 33.7 Å². The van der Waals surface area contributed by atoms with Crippen molar-refractivity contribution in [1.29, 1.82) is 0 Å². The summed E-state index contributed by atoms with van der Waals surface area (Å²) in [5.41, 5.74) is 0.288. The van der Waals surface area contributed by atoms with Crippen LogP contribution < -0.4 is 5.32 Å². The minimum Gasteiger partial charge on any atom is -0.341 e. The fourth-order valence-corrected chi connectivity index (χ4v) is 3.19. The highest BCUT2D eigenvalue weighted by Crippen LogP contribution is 2.35. The third kappa shape index (κ3) is 3.29. The van der Waals surface area contributed by atoms with Crippen LogP contribution >= 0.6 is 0 Å². The van der Waals surface area contributed by atoms with Crippen LogP contribution in [0.2, 0.25) is 0 Å². The van der Waals surface area contributed by atoms with Gasteiger partial charge in [-0.1, -0.05) is 0 Å². The molecule has 0 aromatic heterocycles. The van der Waals surface area contributed by atoms with Gasteiger partial charge >= 0.3 is 0 Å². The first kappa shape index (κ1) is 14.8. The Morgan fingerprint density at radius 3 is 2.32 bits per heavy atom. The molecule has 1 N–H and O–H groups in total. The van der Waals surface area contributed by atoms with E-state index < -0.39 is 0 Å². The molecule has 1 unspecified atom stereocenters. The van der Waals surface area contributed by atoms with E-state index in [1.165, 1.54) is 38.5 Å². The SMILES string of the molecule is CC(NCC1(N(C)C)CCC1)C(=O)N1CCCCC1. The zero-order valence-electron chi connectivity index (χ0n) is 12.7. The maximum absolute atomic E-state index is 12.3. The van der Waals surface area contributed by atoms with Gasteiger partial charge in [0.25, 0.3) is 0 Å². The number of carbonyl (C=O) groups is 1. The van der Waals surface area contributed by atoms with E-state index >= 15 is 0 Å². The number of piperidine rings is 1. The van der Waals surface area contributed by atoms with Gasteiger partial charge in [0.1, 0.15) is 0 Å². The molecule has 1 aliphatic heterocycles. The number of rotatable bonds is 5. The summed E-state index contributed by atoms with van der Waals surface area (Å²) in [6.07, 6.45) is 7.42. The molecule has 2 aliphatic rings. The molecular formula is C15H29N3O. The lowest BCUT2D eigenvalue weighted by Gasteiger charge is -2.48. The van der Waals surface area contributed by atoms with E-state index in [0.717, 1.165) is 19.6 Å². The number of hydrogen-bond donors (Lipinski definition) is 1. The first-order chi connectivity index (χ1) is 9.05. The van der Waals surface area contributed by atoms with Gasteiger partial charge in [0.15, 0.2) is 0 Å². The van der Waals surface area contributed by atoms with Crippen LogP contribution in [-0.2, 0) is 4.79 Å². The van der Waals surface area contributed by atoms with E-state index in [2.05, 4.69) is 24.3 Å². The lowest BCUT2D eigenvalue weighted by atomic mass is 9.75. The molecular weight excluding hydrogens is 238 g/mol. The monoisotopic (exact) mass is 267 g/mol. The van der Waals surface area contributed by atoms with Crippen LogP contribution in [0.1, 0.15) is 45.4 Å². The Morgan fingerprint density at radius 2 is 1.84 bits per heavy atom. The van der Waals surface area contributed by atoms with Crippen molar-refractivity contribution in [3.05, 3.63) is 0 Å². The molecule has 1 amide bonds. The van der Waals surface area contributed by atoms with E-state index in [0.29, 0.717) is 0 Å². The fourth-order valence-electron chi connectivity index (χ4n) is 3.19. The van der Waals surface area contributed by atoms with Crippen LogP contribution in [0, 0.1) is 0 Å². The van der Waals surface area contributed by atoms with E-state index in [4.69, 9.17) is 0 Å². The van der Waals surface area contributed by atoms with Gasteiger partial charge in [0.05, 0.1) is 6.04 Å². The summed E-state index contributed by atoms with van der Waals surface area (Å²) in [5.74, 6) is 0.285. The minimum absolute atomic E-state index is 0.0458. The van der Waals surface area contributed by atoms with Crippen molar-refractivity contribution < 1.29 is 4.79 Å². The van der Waals surface area contributed by atoms with Crippen LogP contribution in [0.25, 0.3) is 0 Å². The van der Waals surface area contributed by atoms with Gasteiger partial charge in [-0.2, -0.15) is 0 Å². The quantitative estimate of drug-likeness (QED) is 0.819. The summed E-state index contributed by atoms with van der Waals surface area (Å²) in [5, 5.41) is 3.47. The first-order valence-corrected chi connectivity index (χ1v) is 7.75. The third-order valence-electron chi connectivity index (χ3n) is 5.01. The molecule has 0 radical (unpaired) electrons. The lowest BCUT2D eigenvalue weighted by Crippen LogP contribution is -2.59. The van der Waals surface area contributed by atoms with Gasteiger partial charge in [-0.25, -0.2) is 0 Å². The number of nitrogens with one attached hydrogen (secondary N) is 1. The van der Waals surface area contributed by atoms with Crippen molar-refractivity contribution in [3.63, 3.8) is 0 Å². The van der Waals surface area contributed by atoms with E-state index in [1.54, 1.807) is 0 Å². The molecule has 1 aliphatic carbocycles. The highest BCUT2D eigenvalue weighted by Gasteiger charge is 2.39. The molecule has 0 spiro atoms. The number of carbonyl (C=O) groups excluding carboxylic acids is 1. The van der Waals surface area contributed by atoms with Crippen LogP contribution in [-0.4, -0.2) is 61.0 Å². The zero-order chi connectivity index (χ0) is 13.9. The second kappa shape index (κ2) is 6.23. The predicted molar refractivity (Wildman–Crippen MR) is 78.2 cm³/mol. The van der Waals surface area contributed by atoms with Crippen molar-refractivity contribution >= 4 is 5.91 Å². The summed E-state index contributed by atoms with van der Waals surface area (Å²) >= 11 is 0. The van der Waals surface area contributed by atoms with Gasteiger partial charge in [-0.15, -0.1) is 0 Å². The lowest BCUT2D eigenvalue weighted by molar-refractivity contribution is -0.134. The van der Waals surface area contributed by atoms with Gasteiger partial charge in [0, 0.05) is 25.2 Å². The van der Waals surface area contributed by atoms with E-state index in [-0.39, 0.29) is 17.5 Å². The first-order valence-electron chi connectivity index (χ1n) is 7.75. The standard InChI is InChI=1S/C15H29N3O/c1-13(14(19)18-10-5-4-6-11-18)16-12-15(17(2)3)8-7-9-15/h13,16H,4-12H2,1-3H3. The predicted octanol–water partition coefficient (Wildman–Crippen LogP) is 1.46. The minimum atomic E-state index is -0.0458. The molecule has 4 heteroatoms. The van der Waals surface area contributed by atoms with Crippen molar-refractivity contribution in [3.8, 4) is 0 Å². The number of hydrogen-bond acceptors (Lipinski definition) is 3. The highest BCUT2D eigenvalue weighted by atomic mass is 16.2. The Hall–Kier alpha value is -0.610. The molecule has 1 saturated heterocycles. The summed E-state index contributed by atoms with van der Waals surface area (Å²) in [6.45, 7) is 4.84. The molecule has 1 atom stereocenters. The van der Waals surface area contributed by atoms with E-state index in [1.807, 2.05) is 11.8 Å². The molecule has 0 bridgehead atoms. The zero-order valence-corrected chi connectivity index (χ0v) is 12.7. The average molecular weight is 267 g/mol. The van der Waals surface area contributed by atoms with Gasteiger partial charge in [-0.3, -0.25) is 4.79 Å². The number of nitrogens with zero attached hydrogens (tertiary/aromatic N) is 2. The normalized spacial score (nSPS) is 24.1. The molecule has 1 heterocycles. The molecule has 110 valence electrons. The molecule has 2 fully saturated rings. The molecule has 0 aromatic carbocycles. The number of likely N-dealkylation sites (tertiary alicyclic amines) is 1. The van der Waals surface area contributed by atoms with E-state index in [9.17, 15) is 4.79 Å². The topological polar surface area (TPSA) is 35.6 Å². The molecule has 4 nitrogen and oxygen atoms in total. The van der Waals surface area contributed by atoms with Crippen LogP contribution in [0.4, 0.5) is 0 Å². The maximum Gasteiger partial charge on any atom is 0.239 e. The molecule has 0 aromatic rings. The number of likely N-dealkylation sites (N-methyl/N-ethyl adjacent to an activating group) is 1.